The summed E-state index contributed by atoms with van der Waals surface area (Å²) in [5.41, 5.74) is 4.27. The van der Waals surface area contributed by atoms with E-state index in [1.165, 1.54) is 36.9 Å². The number of hydrogen-bond acceptors (Lipinski definition) is 14. The number of carbonyl (C=O) groups excluding carboxylic acids is 6. The highest BCUT2D eigenvalue weighted by Crippen LogP contribution is 2.58. The molecule has 2 aliphatic rings. The van der Waals surface area contributed by atoms with Crippen LogP contribution in [0, 0.1) is 0 Å². The predicted molar refractivity (Wildman–Crippen MR) is 340 cm³/mol. The second-order valence-electron chi connectivity index (χ2n) is 22.4. The van der Waals surface area contributed by atoms with Crippen molar-refractivity contribution in [2.75, 3.05) is 13.1 Å². The number of nitrogens with zero attached hydrogens (tertiary/aromatic N) is 4. The predicted octanol–water partition coefficient (Wildman–Crippen LogP) is 15.9. The standard InChI is InChI=1S/C74H60N4O12/c1-5-11-43-17-25-47(26-18-43)85-57-35-53-63-54(72(82)77(71(53)81)41-61(79)89-51-15-9-33-75-39-51)37-59(87-49-29-21-45(13-7-3)22-30-49)67-68-60(88-50-31-23-46(14-8-4)24-32-50)38-56-64-55(73(83)78(74(56)84)42-62(80)90-52-16-10-34-76-40-52)36-58(66(70(64)68)65(57)69(63)67)86-48-27-19-44(12-6-2)20-28-48/h9-10,15-40H,5-8,11-14,41-42H2,1-4H3. The Kier molecular flexibility index (Phi) is 15.9. The van der Waals surface area contributed by atoms with Crippen molar-refractivity contribution >= 4 is 78.7 Å². The van der Waals surface area contributed by atoms with E-state index in [1.54, 1.807) is 36.4 Å². The normalized spacial score (nSPS) is 12.8. The summed E-state index contributed by atoms with van der Waals surface area (Å²) >= 11 is 0. The molecule has 0 N–H and O–H groups in total. The van der Waals surface area contributed by atoms with Crippen LogP contribution in [0.2, 0.25) is 0 Å². The summed E-state index contributed by atoms with van der Waals surface area (Å²) in [5, 5.41) is 2.22. The third-order valence-corrected chi connectivity index (χ3v) is 16.1. The van der Waals surface area contributed by atoms with E-state index in [2.05, 4.69) is 37.7 Å². The van der Waals surface area contributed by atoms with Gasteiger partial charge in [-0.1, -0.05) is 102 Å². The summed E-state index contributed by atoms with van der Waals surface area (Å²) in [7, 11) is 0. The molecule has 9 aromatic carbocycles. The molecule has 16 heteroatoms. The Bertz CT molecular complexity index is 4110. The maximum absolute atomic E-state index is 15.6. The van der Waals surface area contributed by atoms with Crippen LogP contribution >= 0.6 is 0 Å². The molecule has 90 heavy (non-hydrogen) atoms. The second-order valence-corrected chi connectivity index (χ2v) is 22.4. The molecule has 0 spiro atoms. The molecule has 4 amide bonds. The Morgan fingerprint density at radius 1 is 0.344 bits per heavy atom. The smallest absolute Gasteiger partial charge is 0.331 e. The van der Waals surface area contributed by atoms with Crippen LogP contribution in [0.25, 0.3) is 43.1 Å². The maximum atomic E-state index is 15.6. The van der Waals surface area contributed by atoms with Crippen LogP contribution in [0.15, 0.2) is 170 Å². The third kappa shape index (κ3) is 11.0. The topological polar surface area (TPSA) is 190 Å². The van der Waals surface area contributed by atoms with Crippen molar-refractivity contribution in [1.82, 2.24) is 19.8 Å². The average Bonchev–Trinajstić information content (AvgIpc) is 0.675. The number of aromatic nitrogens is 2. The summed E-state index contributed by atoms with van der Waals surface area (Å²) in [6, 6.07) is 42.8. The first-order chi connectivity index (χ1) is 43.9. The number of fused-ring (bicyclic) bond motifs is 2. The minimum atomic E-state index is -0.901. The van der Waals surface area contributed by atoms with Gasteiger partial charge in [0.25, 0.3) is 23.6 Å². The molecular weight excluding hydrogens is 1140 g/mol. The lowest BCUT2D eigenvalue weighted by Gasteiger charge is -2.32. The lowest BCUT2D eigenvalue weighted by Crippen LogP contribution is -2.44. The third-order valence-electron chi connectivity index (χ3n) is 16.1. The molecule has 0 aliphatic carbocycles. The van der Waals surface area contributed by atoms with Gasteiger partial charge in [-0.25, -0.2) is 9.59 Å². The van der Waals surface area contributed by atoms with Crippen LogP contribution in [0.4, 0.5) is 0 Å². The Morgan fingerprint density at radius 3 is 0.844 bits per heavy atom. The number of carbonyl (C=O) groups is 6. The highest BCUT2D eigenvalue weighted by molar-refractivity contribution is 6.45. The summed E-state index contributed by atoms with van der Waals surface area (Å²) in [6.45, 7) is 6.81. The number of rotatable bonds is 22. The van der Waals surface area contributed by atoms with Gasteiger partial charge < -0.3 is 28.4 Å². The van der Waals surface area contributed by atoms with Crippen LogP contribution < -0.4 is 28.4 Å². The highest BCUT2D eigenvalue weighted by Gasteiger charge is 2.43. The quantitative estimate of drug-likeness (QED) is 0.0269. The SMILES string of the molecule is CCCc1ccc(Oc2cc3c4c(cc(Oc5ccc(CCC)cc5)c5c6c(Oc7ccc(CCC)cc7)cc7c8c(cc(Oc9ccc(CCC)cc9)c(c2c45)c86)C(=O)N(CC(=O)Oc2cccnc2)C7=O)C(=O)N(CC(=O)Oc2cccnc2)C3=O)cc1. The van der Waals surface area contributed by atoms with Gasteiger partial charge in [0, 0.05) is 55.5 Å². The fourth-order valence-electron chi connectivity index (χ4n) is 12.2. The van der Waals surface area contributed by atoms with Crippen LogP contribution in [-0.2, 0) is 35.3 Å². The molecule has 2 aromatic heterocycles. The van der Waals surface area contributed by atoms with Gasteiger partial charge in [0.05, 0.1) is 34.6 Å². The van der Waals surface area contributed by atoms with Gasteiger partial charge in [-0.2, -0.15) is 0 Å². The van der Waals surface area contributed by atoms with Crippen molar-refractivity contribution < 1.29 is 57.2 Å². The largest absolute Gasteiger partial charge is 0.457 e. The Labute approximate surface area is 517 Å². The van der Waals surface area contributed by atoms with E-state index in [-0.39, 0.29) is 67.5 Å². The van der Waals surface area contributed by atoms with Gasteiger partial charge in [0.2, 0.25) is 0 Å². The van der Waals surface area contributed by atoms with E-state index in [9.17, 15) is 9.59 Å². The molecule has 0 saturated carbocycles. The Hall–Kier alpha value is -11.0. The van der Waals surface area contributed by atoms with Gasteiger partial charge in [-0.3, -0.25) is 38.9 Å². The summed E-state index contributed by atoms with van der Waals surface area (Å²) in [4.78, 5) is 99.9. The molecule has 13 rings (SSSR count). The molecular formula is C74H60N4O12. The zero-order valence-corrected chi connectivity index (χ0v) is 49.9. The Balaban J connectivity index is 1.16. The number of ether oxygens (including phenoxy) is 6. The lowest BCUT2D eigenvalue weighted by molar-refractivity contribution is -0.135. The number of benzene rings is 9. The van der Waals surface area contributed by atoms with E-state index < -0.39 is 48.7 Å². The van der Waals surface area contributed by atoms with Gasteiger partial charge in [-0.15, -0.1) is 0 Å². The van der Waals surface area contributed by atoms with E-state index >= 15 is 19.2 Å². The Morgan fingerprint density at radius 2 is 0.611 bits per heavy atom. The highest BCUT2D eigenvalue weighted by atomic mass is 16.5. The number of aryl methyl sites for hydroxylation is 4. The first-order valence-electron chi connectivity index (χ1n) is 30.3. The monoisotopic (exact) mass is 1200 g/mol. The molecule has 2 aliphatic heterocycles. The molecule has 0 radical (unpaired) electrons. The van der Waals surface area contributed by atoms with Crippen LogP contribution in [-0.4, -0.2) is 68.4 Å². The number of hydrogen-bond donors (Lipinski definition) is 0. The van der Waals surface area contributed by atoms with Crippen molar-refractivity contribution in [2.45, 2.75) is 79.1 Å². The molecule has 448 valence electrons. The number of amides is 4. The van der Waals surface area contributed by atoms with Gasteiger partial charge in [-0.05, 0) is 145 Å². The first kappa shape index (κ1) is 58.0. The molecule has 11 aromatic rings. The minimum Gasteiger partial charge on any atom is -0.457 e. The van der Waals surface area contributed by atoms with Gasteiger partial charge in [0.1, 0.15) is 70.6 Å². The lowest BCUT2D eigenvalue weighted by atomic mass is 9.80. The van der Waals surface area contributed by atoms with E-state index in [1.807, 2.05) is 97.1 Å². The molecule has 0 atom stereocenters. The van der Waals surface area contributed by atoms with E-state index in [0.29, 0.717) is 55.3 Å². The van der Waals surface area contributed by atoms with Crippen LogP contribution in [0.1, 0.15) is 117 Å². The molecule has 16 nitrogen and oxygen atoms in total. The number of imide groups is 2. The van der Waals surface area contributed by atoms with Crippen molar-refractivity contribution in [3.8, 4) is 57.5 Å². The van der Waals surface area contributed by atoms with Crippen molar-refractivity contribution in [3.05, 3.63) is 215 Å². The second kappa shape index (κ2) is 24.6. The number of pyridine rings is 2. The molecule has 0 fully saturated rings. The van der Waals surface area contributed by atoms with Crippen LogP contribution in [0.5, 0.6) is 57.5 Å². The maximum Gasteiger partial charge on any atom is 0.331 e. The average molecular weight is 1200 g/mol. The zero-order valence-electron chi connectivity index (χ0n) is 49.9. The van der Waals surface area contributed by atoms with Gasteiger partial charge in [0.15, 0.2) is 0 Å². The van der Waals surface area contributed by atoms with Crippen molar-refractivity contribution in [1.29, 1.82) is 0 Å². The summed E-state index contributed by atoms with van der Waals surface area (Å²) < 4.78 is 39.8. The van der Waals surface area contributed by atoms with E-state index in [0.717, 1.165) is 83.4 Å². The van der Waals surface area contributed by atoms with Crippen LogP contribution in [0.3, 0.4) is 0 Å². The molecule has 0 saturated heterocycles. The fraction of sp³-hybridized carbons (Fsp3) is 0.189. The summed E-state index contributed by atoms with van der Waals surface area (Å²) in [6.07, 6.45) is 12.6. The summed E-state index contributed by atoms with van der Waals surface area (Å²) in [5.74, 6) is -2.92. The van der Waals surface area contributed by atoms with Crippen molar-refractivity contribution in [3.63, 3.8) is 0 Å². The minimum absolute atomic E-state index is 0.00281. The van der Waals surface area contributed by atoms with E-state index in [4.69, 9.17) is 28.4 Å². The molecule has 4 heterocycles. The molecule has 0 unspecified atom stereocenters. The first-order valence-corrected chi connectivity index (χ1v) is 30.3. The molecule has 0 bridgehead atoms. The number of esters is 2. The fourth-order valence-corrected chi connectivity index (χ4v) is 12.2. The zero-order chi connectivity index (χ0) is 62.2. The van der Waals surface area contributed by atoms with Crippen molar-refractivity contribution in [2.24, 2.45) is 0 Å². The van der Waals surface area contributed by atoms with Gasteiger partial charge >= 0.3 is 11.9 Å².